The molecule has 0 unspecified atom stereocenters. The zero-order chi connectivity index (χ0) is 21.4. The van der Waals surface area contributed by atoms with Gasteiger partial charge in [-0.15, -0.1) is 0 Å². The van der Waals surface area contributed by atoms with Gasteiger partial charge in [0.05, 0.1) is 43.0 Å². The van der Waals surface area contributed by atoms with Crippen LogP contribution in [0.15, 0.2) is 42.5 Å². The number of benzene rings is 2. The van der Waals surface area contributed by atoms with E-state index in [1.165, 1.54) is 11.3 Å². The minimum Gasteiger partial charge on any atom is -0.497 e. The number of hydrogen-bond donors (Lipinski definition) is 0. The summed E-state index contributed by atoms with van der Waals surface area (Å²) in [5.74, 6) is 0.994. The number of piperazine rings is 1. The summed E-state index contributed by atoms with van der Waals surface area (Å²) in [7, 11) is 1.70. The van der Waals surface area contributed by atoms with Gasteiger partial charge in [0.2, 0.25) is 5.91 Å². The number of para-hydroxylation sites is 1. The average Bonchev–Trinajstić information content (AvgIpc) is 2.83. The summed E-state index contributed by atoms with van der Waals surface area (Å²) in [5, 5.41) is 0.755. The van der Waals surface area contributed by atoms with Crippen molar-refractivity contribution < 1.29 is 14.3 Å². The van der Waals surface area contributed by atoms with Crippen LogP contribution in [-0.4, -0.2) is 69.9 Å². The quantitative estimate of drug-likeness (QED) is 0.732. The van der Waals surface area contributed by atoms with Crippen LogP contribution in [0.4, 0.5) is 11.4 Å². The van der Waals surface area contributed by atoms with Gasteiger partial charge >= 0.3 is 0 Å². The van der Waals surface area contributed by atoms with Crippen molar-refractivity contribution in [3.05, 3.63) is 53.1 Å². The van der Waals surface area contributed by atoms with Gasteiger partial charge in [0.1, 0.15) is 5.75 Å². The summed E-state index contributed by atoms with van der Waals surface area (Å²) in [4.78, 5) is 20.3. The van der Waals surface area contributed by atoms with Gasteiger partial charge in [-0.2, -0.15) is 0 Å². The van der Waals surface area contributed by atoms with Crippen LogP contribution < -0.4 is 14.5 Å². The molecule has 5 rings (SSSR count). The van der Waals surface area contributed by atoms with Crippen molar-refractivity contribution in [3.63, 3.8) is 0 Å². The first-order chi connectivity index (χ1) is 15.2. The molecule has 2 aromatic rings. The topological polar surface area (TPSA) is 45.2 Å². The zero-order valence-electron chi connectivity index (χ0n) is 17.8. The molecule has 2 aromatic carbocycles. The molecule has 0 saturated carbocycles. The molecule has 0 aliphatic carbocycles. The lowest BCUT2D eigenvalue weighted by molar-refractivity contribution is -0.140. The minimum absolute atomic E-state index is 0.0833. The summed E-state index contributed by atoms with van der Waals surface area (Å²) >= 11 is 6.51. The summed E-state index contributed by atoms with van der Waals surface area (Å²) in [6, 6.07) is 14.3. The van der Waals surface area contributed by atoms with E-state index in [2.05, 4.69) is 28.0 Å². The second-order valence-electron chi connectivity index (χ2n) is 8.40. The highest BCUT2D eigenvalue weighted by Gasteiger charge is 2.43. The second kappa shape index (κ2) is 8.60. The van der Waals surface area contributed by atoms with Gasteiger partial charge in [-0.3, -0.25) is 4.79 Å². The number of hydrogen-bond acceptors (Lipinski definition) is 5. The van der Waals surface area contributed by atoms with Gasteiger partial charge < -0.3 is 24.2 Å². The molecule has 6 nitrogen and oxygen atoms in total. The maximum Gasteiger partial charge on any atom is 0.228 e. The third-order valence-corrected chi connectivity index (χ3v) is 7.08. The van der Waals surface area contributed by atoms with Crippen LogP contribution in [0.1, 0.15) is 5.56 Å². The molecule has 2 saturated heterocycles. The summed E-state index contributed by atoms with van der Waals surface area (Å²) in [6.45, 7) is 5.04. The molecule has 2 atom stereocenters. The number of carbonyl (C=O) groups excluding carboxylic acids is 1. The highest BCUT2D eigenvalue weighted by atomic mass is 35.5. The molecule has 0 spiro atoms. The molecule has 31 heavy (non-hydrogen) atoms. The van der Waals surface area contributed by atoms with Crippen molar-refractivity contribution in [2.24, 2.45) is 5.92 Å². The van der Waals surface area contributed by atoms with Gasteiger partial charge in [0.15, 0.2) is 0 Å². The third-order valence-electron chi connectivity index (χ3n) is 6.76. The van der Waals surface area contributed by atoms with Crippen LogP contribution in [0.5, 0.6) is 5.75 Å². The Hall–Kier alpha value is -2.44. The Labute approximate surface area is 188 Å². The molecule has 1 amide bonds. The Balaban J connectivity index is 1.49. The first kappa shape index (κ1) is 20.5. The van der Waals surface area contributed by atoms with Gasteiger partial charge in [-0.1, -0.05) is 29.8 Å². The predicted molar refractivity (Wildman–Crippen MR) is 122 cm³/mol. The van der Waals surface area contributed by atoms with Crippen molar-refractivity contribution in [1.82, 2.24) is 4.90 Å². The van der Waals surface area contributed by atoms with Gasteiger partial charge in [-0.05, 0) is 30.2 Å². The van der Waals surface area contributed by atoms with Crippen LogP contribution in [0, 0.1) is 5.92 Å². The maximum atomic E-state index is 13.6. The smallest absolute Gasteiger partial charge is 0.228 e. The Morgan fingerprint density at radius 2 is 1.87 bits per heavy atom. The molecule has 7 heteroatoms. The lowest BCUT2D eigenvalue weighted by Gasteiger charge is -2.50. The molecule has 0 radical (unpaired) electrons. The molecule has 3 aliphatic rings. The fourth-order valence-corrected chi connectivity index (χ4v) is 5.39. The Morgan fingerprint density at radius 1 is 1.06 bits per heavy atom. The van der Waals surface area contributed by atoms with Crippen molar-refractivity contribution in [2.45, 2.75) is 12.5 Å². The van der Waals surface area contributed by atoms with Crippen molar-refractivity contribution in [2.75, 3.05) is 62.8 Å². The number of anilines is 2. The van der Waals surface area contributed by atoms with E-state index in [0.717, 1.165) is 42.5 Å². The first-order valence-corrected chi connectivity index (χ1v) is 11.3. The minimum atomic E-state index is -0.0933. The van der Waals surface area contributed by atoms with Crippen molar-refractivity contribution in [3.8, 4) is 5.75 Å². The number of amides is 1. The Bertz CT molecular complexity index is 963. The fourth-order valence-electron chi connectivity index (χ4n) is 5.13. The van der Waals surface area contributed by atoms with Crippen LogP contribution >= 0.6 is 11.6 Å². The van der Waals surface area contributed by atoms with Crippen LogP contribution in [0.3, 0.4) is 0 Å². The van der Waals surface area contributed by atoms with E-state index in [9.17, 15) is 4.79 Å². The maximum absolute atomic E-state index is 13.6. The fraction of sp³-hybridized carbons (Fsp3) is 0.458. The number of halogens is 1. The van der Waals surface area contributed by atoms with E-state index in [-0.39, 0.29) is 17.9 Å². The molecule has 164 valence electrons. The lowest BCUT2D eigenvalue weighted by atomic mass is 9.82. The number of nitrogens with zero attached hydrogens (tertiary/aromatic N) is 3. The van der Waals surface area contributed by atoms with E-state index in [1.54, 1.807) is 7.11 Å². The molecule has 3 aliphatic heterocycles. The summed E-state index contributed by atoms with van der Waals surface area (Å²) in [6.07, 6.45) is 0.743. The standard InChI is InChI=1S/C24H28ClN3O3/c1-30-18-7-6-17-14-19(24(29)26-10-12-31-13-11-26)23-16-27(8-9-28(23)22(17)15-18)21-5-3-2-4-20(21)25/h2-7,15,19,23H,8-14,16H2,1H3/t19-,23-/m0/s1. The second-order valence-corrected chi connectivity index (χ2v) is 8.81. The van der Waals surface area contributed by atoms with E-state index >= 15 is 0 Å². The summed E-state index contributed by atoms with van der Waals surface area (Å²) < 4.78 is 11.0. The van der Waals surface area contributed by atoms with Crippen molar-refractivity contribution in [1.29, 1.82) is 0 Å². The molecule has 3 heterocycles. The molecule has 2 fully saturated rings. The summed E-state index contributed by atoms with van der Waals surface area (Å²) in [5.41, 5.74) is 3.45. The molecule has 0 N–H and O–H groups in total. The van der Waals surface area contributed by atoms with Crippen LogP contribution in [-0.2, 0) is 16.0 Å². The number of methoxy groups -OCH3 is 1. The van der Waals surface area contributed by atoms with E-state index in [0.29, 0.717) is 26.3 Å². The van der Waals surface area contributed by atoms with E-state index < -0.39 is 0 Å². The number of rotatable bonds is 3. The first-order valence-electron chi connectivity index (χ1n) is 11.0. The van der Waals surface area contributed by atoms with Crippen molar-refractivity contribution >= 4 is 28.9 Å². The Kier molecular flexibility index (Phi) is 5.67. The number of morpholine rings is 1. The molecular formula is C24H28ClN3O3. The molecule has 0 bridgehead atoms. The highest BCUT2D eigenvalue weighted by Crippen LogP contribution is 2.40. The number of carbonyl (C=O) groups is 1. The predicted octanol–water partition coefficient (Wildman–Crippen LogP) is 3.07. The Morgan fingerprint density at radius 3 is 2.65 bits per heavy atom. The van der Waals surface area contributed by atoms with Gasteiger partial charge in [-0.25, -0.2) is 0 Å². The molecule has 0 aromatic heterocycles. The highest BCUT2D eigenvalue weighted by molar-refractivity contribution is 6.33. The normalized spacial score (nSPS) is 23.2. The molecular weight excluding hydrogens is 414 g/mol. The van der Waals surface area contributed by atoms with Gasteiger partial charge in [0.25, 0.3) is 0 Å². The largest absolute Gasteiger partial charge is 0.497 e. The monoisotopic (exact) mass is 441 g/mol. The van der Waals surface area contributed by atoms with E-state index in [1.807, 2.05) is 29.2 Å². The van der Waals surface area contributed by atoms with Gasteiger partial charge in [0, 0.05) is 44.5 Å². The third kappa shape index (κ3) is 3.83. The lowest BCUT2D eigenvalue weighted by Crippen LogP contribution is -2.62. The number of fused-ring (bicyclic) bond motifs is 3. The van der Waals surface area contributed by atoms with E-state index in [4.69, 9.17) is 21.1 Å². The zero-order valence-corrected chi connectivity index (χ0v) is 18.6. The SMILES string of the molecule is COc1ccc2c(c1)N1CCN(c3ccccc3Cl)C[C@H]1[C@@H](C(=O)N1CCOCC1)C2. The number of ether oxygens (including phenoxy) is 2. The van der Waals surface area contributed by atoms with Crippen LogP contribution in [0.25, 0.3) is 0 Å². The van der Waals surface area contributed by atoms with Crippen LogP contribution in [0.2, 0.25) is 5.02 Å². The average molecular weight is 442 g/mol.